The van der Waals surface area contributed by atoms with Gasteiger partial charge in [0.25, 0.3) is 0 Å². The first kappa shape index (κ1) is 19.6. The van der Waals surface area contributed by atoms with E-state index < -0.39 is 10.0 Å². The Bertz CT molecular complexity index is 803. The van der Waals surface area contributed by atoms with Crippen molar-refractivity contribution >= 4 is 21.8 Å². The van der Waals surface area contributed by atoms with Gasteiger partial charge in [-0.05, 0) is 31.2 Å². The van der Waals surface area contributed by atoms with Crippen LogP contribution in [0.3, 0.4) is 0 Å². The second-order valence-electron chi connectivity index (χ2n) is 6.68. The van der Waals surface area contributed by atoms with Gasteiger partial charge in [0.1, 0.15) is 5.75 Å². The van der Waals surface area contributed by atoms with E-state index in [9.17, 15) is 18.0 Å². The third kappa shape index (κ3) is 4.23. The Hall–Kier alpha value is -2.17. The Morgan fingerprint density at radius 2 is 1.81 bits per heavy atom. The van der Waals surface area contributed by atoms with Gasteiger partial charge in [0, 0.05) is 38.6 Å². The van der Waals surface area contributed by atoms with Gasteiger partial charge in [0.2, 0.25) is 21.8 Å². The third-order valence-electron chi connectivity index (χ3n) is 4.88. The van der Waals surface area contributed by atoms with E-state index in [-0.39, 0.29) is 42.4 Å². The van der Waals surface area contributed by atoms with Crippen molar-refractivity contribution in [1.29, 1.82) is 0 Å². The Morgan fingerprint density at radius 3 is 2.33 bits per heavy atom. The number of hydrogen-bond donors (Lipinski definition) is 1. The van der Waals surface area contributed by atoms with Crippen molar-refractivity contribution in [3.05, 3.63) is 24.3 Å². The summed E-state index contributed by atoms with van der Waals surface area (Å²) in [5.41, 5.74) is 2.67. The van der Waals surface area contributed by atoms with Crippen LogP contribution in [0.25, 0.3) is 0 Å². The van der Waals surface area contributed by atoms with Crippen molar-refractivity contribution in [2.75, 3.05) is 39.8 Å². The van der Waals surface area contributed by atoms with Crippen LogP contribution in [0.2, 0.25) is 0 Å². The Balaban J connectivity index is 1.57. The summed E-state index contributed by atoms with van der Waals surface area (Å²) >= 11 is 0. The highest BCUT2D eigenvalue weighted by atomic mass is 32.2. The van der Waals surface area contributed by atoms with Crippen LogP contribution >= 0.6 is 0 Å². The van der Waals surface area contributed by atoms with Gasteiger partial charge in [-0.1, -0.05) is 0 Å². The number of nitrogens with one attached hydrogen (secondary N) is 1. The van der Waals surface area contributed by atoms with Crippen LogP contribution in [-0.4, -0.2) is 80.3 Å². The number of piperazine rings is 1. The number of hydrazine groups is 1. The Morgan fingerprint density at radius 1 is 1.19 bits per heavy atom. The minimum atomic E-state index is -3.60. The minimum Gasteiger partial charge on any atom is -0.497 e. The third-order valence-corrected chi connectivity index (χ3v) is 6.79. The molecule has 10 heteroatoms. The zero-order valence-electron chi connectivity index (χ0n) is 15.4. The van der Waals surface area contributed by atoms with Crippen LogP contribution in [0.4, 0.5) is 0 Å². The fourth-order valence-electron chi connectivity index (χ4n) is 3.21. The molecule has 0 bridgehead atoms. The maximum atomic E-state index is 12.7. The summed E-state index contributed by atoms with van der Waals surface area (Å²) in [6, 6.07) is 6.22. The van der Waals surface area contributed by atoms with Gasteiger partial charge in [0.05, 0.1) is 18.6 Å². The fourth-order valence-corrected chi connectivity index (χ4v) is 4.63. The zero-order chi connectivity index (χ0) is 19.6. The first-order valence-electron chi connectivity index (χ1n) is 8.79. The highest BCUT2D eigenvalue weighted by Gasteiger charge is 2.33. The van der Waals surface area contributed by atoms with E-state index in [2.05, 4.69) is 5.43 Å². The molecule has 0 radical (unpaired) electrons. The van der Waals surface area contributed by atoms with Crippen molar-refractivity contribution in [3.8, 4) is 5.75 Å². The van der Waals surface area contributed by atoms with Crippen LogP contribution in [0.5, 0.6) is 5.75 Å². The van der Waals surface area contributed by atoms with E-state index in [1.807, 2.05) is 6.92 Å². The first-order chi connectivity index (χ1) is 12.8. The number of benzene rings is 1. The van der Waals surface area contributed by atoms with Gasteiger partial charge < -0.3 is 9.64 Å². The van der Waals surface area contributed by atoms with E-state index in [1.165, 1.54) is 23.5 Å². The lowest BCUT2D eigenvalue weighted by atomic mass is 10.2. The molecule has 0 aliphatic carbocycles. The topological polar surface area (TPSA) is 99.3 Å². The normalized spacial score (nSPS) is 21.9. The summed E-state index contributed by atoms with van der Waals surface area (Å²) in [6.45, 7) is 3.10. The number of carbonyl (C=O) groups is 2. The monoisotopic (exact) mass is 396 g/mol. The Labute approximate surface area is 158 Å². The van der Waals surface area contributed by atoms with Gasteiger partial charge in [-0.25, -0.2) is 13.4 Å². The standard InChI is InChI=1S/C17H24N4O5S/c1-13-11-16(22)18-21(13)12-17(23)19-7-9-20(10-8-19)27(24,25)15-5-3-14(26-2)4-6-15/h3-6,13H,7-12H2,1-2H3,(H,18,22)/t13-/m0/s1. The van der Waals surface area contributed by atoms with Gasteiger partial charge in [-0.2, -0.15) is 4.31 Å². The summed E-state index contributed by atoms with van der Waals surface area (Å²) < 4.78 is 31.9. The van der Waals surface area contributed by atoms with Crippen molar-refractivity contribution in [2.45, 2.75) is 24.3 Å². The number of amides is 2. The molecule has 148 valence electrons. The molecule has 0 saturated carbocycles. The van der Waals surface area contributed by atoms with E-state index in [0.717, 1.165) is 0 Å². The number of rotatable bonds is 5. The highest BCUT2D eigenvalue weighted by Crippen LogP contribution is 2.21. The van der Waals surface area contributed by atoms with E-state index in [0.29, 0.717) is 25.3 Å². The van der Waals surface area contributed by atoms with Crippen molar-refractivity contribution in [2.24, 2.45) is 0 Å². The number of sulfonamides is 1. The van der Waals surface area contributed by atoms with Gasteiger partial charge >= 0.3 is 0 Å². The number of hydrogen-bond acceptors (Lipinski definition) is 6. The van der Waals surface area contributed by atoms with Crippen molar-refractivity contribution < 1.29 is 22.7 Å². The number of ether oxygens (including phenoxy) is 1. The second-order valence-corrected chi connectivity index (χ2v) is 8.61. The molecule has 2 heterocycles. The van der Waals surface area contributed by atoms with E-state index >= 15 is 0 Å². The maximum Gasteiger partial charge on any atom is 0.243 e. The van der Waals surface area contributed by atoms with Crippen molar-refractivity contribution in [3.63, 3.8) is 0 Å². The molecule has 0 spiro atoms. The molecular formula is C17H24N4O5S. The molecule has 1 aromatic carbocycles. The average Bonchev–Trinajstić information content (AvgIpc) is 2.98. The second kappa shape index (κ2) is 7.83. The lowest BCUT2D eigenvalue weighted by molar-refractivity contribution is -0.134. The van der Waals surface area contributed by atoms with Crippen LogP contribution in [0.1, 0.15) is 13.3 Å². The van der Waals surface area contributed by atoms with E-state index in [1.54, 1.807) is 22.0 Å². The van der Waals surface area contributed by atoms with Gasteiger partial charge in [0.15, 0.2) is 0 Å². The first-order valence-corrected chi connectivity index (χ1v) is 10.2. The van der Waals surface area contributed by atoms with Crippen LogP contribution in [0.15, 0.2) is 29.2 Å². The van der Waals surface area contributed by atoms with Gasteiger partial charge in [-0.3, -0.25) is 15.0 Å². The lowest BCUT2D eigenvalue weighted by Gasteiger charge is -2.35. The highest BCUT2D eigenvalue weighted by molar-refractivity contribution is 7.89. The molecule has 2 amide bonds. The predicted octanol–water partition coefficient (Wildman–Crippen LogP) is -0.346. The molecular weight excluding hydrogens is 372 g/mol. The maximum absolute atomic E-state index is 12.7. The molecule has 9 nitrogen and oxygen atoms in total. The SMILES string of the molecule is COc1ccc(S(=O)(=O)N2CCN(C(=O)CN3NC(=O)C[C@@H]3C)CC2)cc1. The molecule has 0 aromatic heterocycles. The molecule has 0 unspecified atom stereocenters. The summed E-state index contributed by atoms with van der Waals surface area (Å²) in [5, 5.41) is 1.63. The zero-order valence-corrected chi connectivity index (χ0v) is 16.2. The minimum absolute atomic E-state index is 0.0295. The smallest absolute Gasteiger partial charge is 0.243 e. The van der Waals surface area contributed by atoms with Crippen LogP contribution in [0, 0.1) is 0 Å². The molecule has 1 N–H and O–H groups in total. The molecule has 2 aliphatic heterocycles. The number of carbonyl (C=O) groups excluding carboxylic acids is 2. The fraction of sp³-hybridized carbons (Fsp3) is 0.529. The van der Waals surface area contributed by atoms with E-state index in [4.69, 9.17) is 4.74 Å². The summed E-state index contributed by atoms with van der Waals surface area (Å²) in [5.74, 6) is 0.379. The summed E-state index contributed by atoms with van der Waals surface area (Å²) in [4.78, 5) is 25.7. The predicted molar refractivity (Wildman–Crippen MR) is 97.3 cm³/mol. The summed E-state index contributed by atoms with van der Waals surface area (Å²) in [6.07, 6.45) is 0.376. The lowest BCUT2D eigenvalue weighted by Crippen LogP contribution is -2.53. The molecule has 3 rings (SSSR count). The largest absolute Gasteiger partial charge is 0.497 e. The van der Waals surface area contributed by atoms with Gasteiger partial charge in [-0.15, -0.1) is 0 Å². The molecule has 2 saturated heterocycles. The van der Waals surface area contributed by atoms with Crippen LogP contribution in [-0.2, 0) is 19.6 Å². The number of methoxy groups -OCH3 is 1. The Kier molecular flexibility index (Phi) is 5.68. The molecule has 27 heavy (non-hydrogen) atoms. The molecule has 1 aromatic rings. The average molecular weight is 396 g/mol. The van der Waals surface area contributed by atoms with Crippen molar-refractivity contribution in [1.82, 2.24) is 19.6 Å². The molecule has 2 fully saturated rings. The summed E-state index contributed by atoms with van der Waals surface area (Å²) in [7, 11) is -2.08. The molecule has 1 atom stereocenters. The quantitative estimate of drug-likeness (QED) is 0.731. The molecule has 2 aliphatic rings. The van der Waals surface area contributed by atoms with Crippen LogP contribution < -0.4 is 10.2 Å². The number of nitrogens with zero attached hydrogens (tertiary/aromatic N) is 3.